The van der Waals surface area contributed by atoms with Crippen LogP contribution in [0, 0.1) is 20.8 Å². The van der Waals surface area contributed by atoms with Crippen molar-refractivity contribution in [2.75, 3.05) is 0 Å². The molecule has 22 heavy (non-hydrogen) atoms. The Morgan fingerprint density at radius 3 is 2.23 bits per heavy atom. The van der Waals surface area contributed by atoms with Gasteiger partial charge in [0.2, 0.25) is 0 Å². The summed E-state index contributed by atoms with van der Waals surface area (Å²) in [5.41, 5.74) is 3.75. The molecule has 0 fully saturated rings. The van der Waals surface area contributed by atoms with E-state index in [-0.39, 0.29) is 0 Å². The molecule has 3 aromatic rings. The monoisotopic (exact) mass is 377 g/mol. The third-order valence-electron chi connectivity index (χ3n) is 3.74. The minimum Gasteiger partial charge on any atom is -0.240 e. The number of nitrogens with zero attached hydrogens (tertiary/aromatic N) is 1. The Bertz CT molecular complexity index is 970. The van der Waals surface area contributed by atoms with Crippen LogP contribution in [0.25, 0.3) is 10.9 Å². The van der Waals surface area contributed by atoms with Gasteiger partial charge in [-0.05, 0) is 72.1 Å². The largest absolute Gasteiger partial charge is 0.268 e. The second-order valence-electron chi connectivity index (χ2n) is 5.57. The van der Waals surface area contributed by atoms with E-state index in [2.05, 4.69) is 15.9 Å². The van der Waals surface area contributed by atoms with E-state index >= 15 is 0 Å². The number of halogens is 1. The Morgan fingerprint density at radius 2 is 1.59 bits per heavy atom. The van der Waals surface area contributed by atoms with Crippen LogP contribution in [-0.2, 0) is 10.0 Å². The normalized spacial score (nSPS) is 12.0. The van der Waals surface area contributed by atoms with E-state index in [0.717, 1.165) is 26.5 Å². The first kappa shape index (κ1) is 15.3. The molecule has 2 aromatic carbocycles. The van der Waals surface area contributed by atoms with Gasteiger partial charge in [-0.2, -0.15) is 0 Å². The van der Waals surface area contributed by atoms with Crippen molar-refractivity contribution in [3.63, 3.8) is 0 Å². The van der Waals surface area contributed by atoms with E-state index in [4.69, 9.17) is 0 Å². The van der Waals surface area contributed by atoms with Crippen molar-refractivity contribution in [2.24, 2.45) is 0 Å². The maximum atomic E-state index is 13.0. The molecule has 114 valence electrons. The topological polar surface area (TPSA) is 39.1 Å². The molecule has 3 rings (SSSR count). The van der Waals surface area contributed by atoms with Crippen molar-refractivity contribution < 1.29 is 8.42 Å². The lowest BCUT2D eigenvalue weighted by Crippen LogP contribution is -2.12. The average Bonchev–Trinajstić information content (AvgIpc) is 2.78. The molecule has 1 heterocycles. The Hall–Kier alpha value is -1.59. The lowest BCUT2D eigenvalue weighted by Gasteiger charge is -2.09. The van der Waals surface area contributed by atoms with Crippen LogP contribution in [0.1, 0.15) is 16.7 Å². The van der Waals surface area contributed by atoms with Crippen molar-refractivity contribution in [3.8, 4) is 0 Å². The molecular weight excluding hydrogens is 362 g/mol. The number of hydrogen-bond donors (Lipinski definition) is 0. The standard InChI is InChI=1S/C17H16BrNO2S/c1-11-4-6-14(7-5-11)22(20,21)19-10-13(3)15-8-12(2)9-16(18)17(15)19/h4-10H,1-3H3. The summed E-state index contributed by atoms with van der Waals surface area (Å²) in [5.74, 6) is 0. The molecule has 0 spiro atoms. The number of aromatic nitrogens is 1. The quantitative estimate of drug-likeness (QED) is 0.656. The van der Waals surface area contributed by atoms with Gasteiger partial charge in [-0.3, -0.25) is 0 Å². The van der Waals surface area contributed by atoms with Gasteiger partial charge in [0, 0.05) is 16.1 Å². The summed E-state index contributed by atoms with van der Waals surface area (Å²) >= 11 is 3.50. The highest BCUT2D eigenvalue weighted by Crippen LogP contribution is 2.32. The van der Waals surface area contributed by atoms with Crippen LogP contribution in [-0.4, -0.2) is 12.4 Å². The molecule has 0 aliphatic heterocycles. The first-order valence-corrected chi connectivity index (χ1v) is 9.14. The Kier molecular flexibility index (Phi) is 3.65. The Morgan fingerprint density at radius 1 is 0.955 bits per heavy atom. The van der Waals surface area contributed by atoms with Gasteiger partial charge in [-0.25, -0.2) is 12.4 Å². The fraction of sp³-hybridized carbons (Fsp3) is 0.176. The van der Waals surface area contributed by atoms with Gasteiger partial charge < -0.3 is 0 Å². The Balaban J connectivity index is 2.32. The van der Waals surface area contributed by atoms with Crippen molar-refractivity contribution in [1.82, 2.24) is 3.97 Å². The molecule has 0 bridgehead atoms. The average molecular weight is 378 g/mol. The van der Waals surface area contributed by atoms with Crippen LogP contribution in [0.15, 0.2) is 52.0 Å². The van der Waals surface area contributed by atoms with E-state index in [1.54, 1.807) is 18.3 Å². The highest BCUT2D eigenvalue weighted by molar-refractivity contribution is 9.10. The molecule has 5 heteroatoms. The molecule has 0 unspecified atom stereocenters. The van der Waals surface area contributed by atoms with Gasteiger partial charge in [0.15, 0.2) is 0 Å². The van der Waals surface area contributed by atoms with Gasteiger partial charge in [0.25, 0.3) is 10.0 Å². The molecule has 0 radical (unpaired) electrons. The highest BCUT2D eigenvalue weighted by Gasteiger charge is 2.21. The predicted octanol–water partition coefficient (Wildman–Crippen LogP) is 4.57. The maximum Gasteiger partial charge on any atom is 0.268 e. The second-order valence-corrected chi connectivity index (χ2v) is 8.24. The molecule has 1 aromatic heterocycles. The number of aryl methyl sites for hydroxylation is 3. The highest BCUT2D eigenvalue weighted by atomic mass is 79.9. The maximum absolute atomic E-state index is 13.0. The predicted molar refractivity (Wildman–Crippen MR) is 92.9 cm³/mol. The first-order valence-electron chi connectivity index (χ1n) is 6.91. The number of benzene rings is 2. The number of rotatable bonds is 2. The van der Waals surface area contributed by atoms with E-state index in [1.165, 1.54) is 3.97 Å². The van der Waals surface area contributed by atoms with Crippen molar-refractivity contribution in [3.05, 3.63) is 63.8 Å². The molecule has 0 saturated carbocycles. The van der Waals surface area contributed by atoms with Crippen LogP contribution < -0.4 is 0 Å². The smallest absolute Gasteiger partial charge is 0.240 e. The summed E-state index contributed by atoms with van der Waals surface area (Å²) in [6, 6.07) is 10.9. The summed E-state index contributed by atoms with van der Waals surface area (Å²) in [4.78, 5) is 0.294. The van der Waals surface area contributed by atoms with Crippen molar-refractivity contribution in [2.45, 2.75) is 25.7 Å². The number of fused-ring (bicyclic) bond motifs is 1. The summed E-state index contributed by atoms with van der Waals surface area (Å²) in [7, 11) is -3.61. The second kappa shape index (κ2) is 5.25. The number of hydrogen-bond acceptors (Lipinski definition) is 2. The Labute approximate surface area is 138 Å². The molecule has 0 atom stereocenters. The van der Waals surface area contributed by atoms with Crippen LogP contribution in [0.4, 0.5) is 0 Å². The summed E-state index contributed by atoms with van der Waals surface area (Å²) in [6.07, 6.45) is 1.68. The van der Waals surface area contributed by atoms with E-state index in [9.17, 15) is 8.42 Å². The third kappa shape index (κ3) is 2.38. The van der Waals surface area contributed by atoms with Crippen LogP contribution >= 0.6 is 15.9 Å². The van der Waals surface area contributed by atoms with Gasteiger partial charge in [0.1, 0.15) is 0 Å². The van der Waals surface area contributed by atoms with E-state index < -0.39 is 10.0 Å². The molecular formula is C17H16BrNO2S. The minimum absolute atomic E-state index is 0.294. The van der Waals surface area contributed by atoms with Gasteiger partial charge >= 0.3 is 0 Å². The molecule has 0 amide bonds. The van der Waals surface area contributed by atoms with E-state index in [0.29, 0.717) is 10.4 Å². The van der Waals surface area contributed by atoms with Crippen molar-refractivity contribution >= 4 is 36.9 Å². The molecule has 0 N–H and O–H groups in total. The fourth-order valence-electron chi connectivity index (χ4n) is 2.58. The molecule has 0 saturated heterocycles. The lowest BCUT2D eigenvalue weighted by molar-refractivity contribution is 0.589. The zero-order chi connectivity index (χ0) is 16.1. The van der Waals surface area contributed by atoms with Gasteiger partial charge in [-0.1, -0.05) is 17.7 Å². The zero-order valence-electron chi connectivity index (χ0n) is 12.6. The summed E-state index contributed by atoms with van der Waals surface area (Å²) in [5, 5.41) is 0.947. The summed E-state index contributed by atoms with van der Waals surface area (Å²) < 4.78 is 28.1. The van der Waals surface area contributed by atoms with Gasteiger partial charge in [-0.15, -0.1) is 0 Å². The van der Waals surface area contributed by atoms with Crippen LogP contribution in [0.5, 0.6) is 0 Å². The molecule has 0 aliphatic rings. The van der Waals surface area contributed by atoms with Gasteiger partial charge in [0.05, 0.1) is 10.4 Å². The first-order chi connectivity index (χ1) is 10.3. The third-order valence-corrected chi connectivity index (χ3v) is 6.02. The van der Waals surface area contributed by atoms with Crippen LogP contribution in [0.3, 0.4) is 0 Å². The lowest BCUT2D eigenvalue weighted by atomic mass is 10.1. The SMILES string of the molecule is Cc1ccc(S(=O)(=O)n2cc(C)c3cc(C)cc(Br)c32)cc1. The molecule has 3 nitrogen and oxygen atoms in total. The zero-order valence-corrected chi connectivity index (χ0v) is 15.0. The van der Waals surface area contributed by atoms with E-state index in [1.807, 2.05) is 45.0 Å². The fourth-order valence-corrected chi connectivity index (χ4v) is 4.91. The van der Waals surface area contributed by atoms with Crippen molar-refractivity contribution in [1.29, 1.82) is 0 Å². The van der Waals surface area contributed by atoms with Crippen LogP contribution in [0.2, 0.25) is 0 Å². The minimum atomic E-state index is -3.61. The molecule has 0 aliphatic carbocycles. The summed E-state index contributed by atoms with van der Waals surface area (Å²) in [6.45, 7) is 5.86.